The third kappa shape index (κ3) is 4.64. The summed E-state index contributed by atoms with van der Waals surface area (Å²) in [4.78, 5) is 27.1. The topological polar surface area (TPSA) is 114 Å². The van der Waals surface area contributed by atoms with Crippen LogP contribution in [0.15, 0.2) is 58.4 Å². The number of rotatable bonds is 6. The maximum atomic E-state index is 13.3. The second-order valence-corrected chi connectivity index (χ2v) is 12.3. The van der Waals surface area contributed by atoms with E-state index in [1.165, 1.54) is 21.5 Å². The molecule has 1 amide bonds. The molecule has 0 spiro atoms. The molecule has 1 atom stereocenters. The van der Waals surface area contributed by atoms with E-state index in [4.69, 9.17) is 0 Å². The largest absolute Gasteiger partial charge is 0.307 e. The number of pyridine rings is 1. The molecule has 11 heteroatoms. The number of para-hydroxylation sites is 1. The zero-order valence-electron chi connectivity index (χ0n) is 17.5. The number of nitrogens with zero attached hydrogens (tertiary/aromatic N) is 3. The summed E-state index contributed by atoms with van der Waals surface area (Å²) < 4.78 is 52.2. The van der Waals surface area contributed by atoms with Gasteiger partial charge in [-0.2, -0.15) is 4.31 Å². The number of sulfonamides is 1. The van der Waals surface area contributed by atoms with E-state index < -0.39 is 43.9 Å². The van der Waals surface area contributed by atoms with Crippen LogP contribution >= 0.6 is 0 Å². The number of benzene rings is 1. The summed E-state index contributed by atoms with van der Waals surface area (Å²) in [7, 11) is -6.99. The summed E-state index contributed by atoms with van der Waals surface area (Å²) >= 11 is 0. The summed E-state index contributed by atoms with van der Waals surface area (Å²) in [6.07, 6.45) is 3.07. The lowest BCUT2D eigenvalue weighted by Crippen LogP contribution is -2.44. The molecule has 2 aliphatic heterocycles. The van der Waals surface area contributed by atoms with Gasteiger partial charge < -0.3 is 9.47 Å². The number of hydrogen-bond donors (Lipinski definition) is 0. The van der Waals surface area contributed by atoms with Gasteiger partial charge in [-0.1, -0.05) is 18.2 Å². The van der Waals surface area contributed by atoms with Crippen molar-refractivity contribution in [3.63, 3.8) is 0 Å². The van der Waals surface area contributed by atoms with Gasteiger partial charge in [-0.15, -0.1) is 0 Å². The number of hydrogen-bond acceptors (Lipinski definition) is 6. The van der Waals surface area contributed by atoms with Crippen LogP contribution in [-0.2, 0) is 31.2 Å². The summed E-state index contributed by atoms with van der Waals surface area (Å²) in [6, 6.07) is 10.6. The predicted octanol–water partition coefficient (Wildman–Crippen LogP) is 0.853. The average molecular weight is 480 g/mol. The third-order valence-electron chi connectivity index (χ3n) is 5.84. The summed E-state index contributed by atoms with van der Waals surface area (Å²) in [5.74, 6) is -0.625. The van der Waals surface area contributed by atoms with Gasteiger partial charge in [0.2, 0.25) is 15.9 Å². The van der Waals surface area contributed by atoms with Crippen molar-refractivity contribution in [1.29, 1.82) is 0 Å². The molecule has 1 aromatic carbocycles. The maximum Gasteiger partial charge on any atom is 0.251 e. The highest BCUT2D eigenvalue weighted by Crippen LogP contribution is 2.25. The van der Waals surface area contributed by atoms with Crippen LogP contribution in [0, 0.1) is 0 Å². The molecular weight excluding hydrogens is 454 g/mol. The van der Waals surface area contributed by atoms with Crippen molar-refractivity contribution in [2.24, 2.45) is 0 Å². The number of carbonyl (C=O) groups excluding carboxylic acids is 1. The first-order valence-electron chi connectivity index (χ1n) is 10.5. The highest BCUT2D eigenvalue weighted by atomic mass is 32.2. The van der Waals surface area contributed by atoms with E-state index in [9.17, 15) is 26.4 Å². The molecule has 32 heavy (non-hydrogen) atoms. The Hall–Kier alpha value is -2.50. The third-order valence-corrected chi connectivity index (χ3v) is 9.47. The molecule has 2 fully saturated rings. The highest BCUT2D eigenvalue weighted by molar-refractivity contribution is 7.91. The van der Waals surface area contributed by atoms with Gasteiger partial charge in [0.1, 0.15) is 6.54 Å². The molecule has 0 radical (unpaired) electrons. The van der Waals surface area contributed by atoms with Gasteiger partial charge in [0.05, 0.1) is 22.4 Å². The van der Waals surface area contributed by atoms with Crippen molar-refractivity contribution in [1.82, 2.24) is 8.87 Å². The zero-order valence-corrected chi connectivity index (χ0v) is 19.1. The summed E-state index contributed by atoms with van der Waals surface area (Å²) in [5, 5.41) is 0. The maximum absolute atomic E-state index is 13.3. The van der Waals surface area contributed by atoms with E-state index in [1.807, 2.05) is 0 Å². The summed E-state index contributed by atoms with van der Waals surface area (Å²) in [5.41, 5.74) is 0.0271. The fourth-order valence-electron chi connectivity index (χ4n) is 4.21. The van der Waals surface area contributed by atoms with Crippen LogP contribution in [0.3, 0.4) is 0 Å². The van der Waals surface area contributed by atoms with Crippen molar-refractivity contribution >= 4 is 31.5 Å². The molecule has 0 aliphatic carbocycles. The van der Waals surface area contributed by atoms with Crippen LogP contribution in [0.2, 0.25) is 0 Å². The fourth-order valence-corrected chi connectivity index (χ4v) is 7.45. The second-order valence-electron chi connectivity index (χ2n) is 8.10. The Labute approximate surface area is 187 Å². The first kappa shape index (κ1) is 22.7. The molecule has 0 N–H and O–H groups in total. The lowest BCUT2D eigenvalue weighted by molar-refractivity contribution is -0.119. The number of aromatic nitrogens is 1. The molecule has 9 nitrogen and oxygen atoms in total. The van der Waals surface area contributed by atoms with E-state index in [-0.39, 0.29) is 16.4 Å². The lowest BCUT2D eigenvalue weighted by atomic mass is 10.1. The number of sulfone groups is 1. The zero-order chi connectivity index (χ0) is 22.9. The molecular formula is C21H25N3O6S2. The van der Waals surface area contributed by atoms with E-state index in [0.717, 1.165) is 23.5 Å². The van der Waals surface area contributed by atoms with Crippen LogP contribution in [0.1, 0.15) is 19.3 Å². The minimum atomic E-state index is -3.75. The number of carbonyl (C=O) groups is 1. The fraction of sp³-hybridized carbons (Fsp3) is 0.429. The Morgan fingerprint density at radius 3 is 2.38 bits per heavy atom. The number of amides is 1. The molecule has 0 saturated carbocycles. The van der Waals surface area contributed by atoms with Crippen LogP contribution in [0.5, 0.6) is 0 Å². The Morgan fingerprint density at radius 1 is 1.06 bits per heavy atom. The van der Waals surface area contributed by atoms with E-state index in [1.54, 1.807) is 30.3 Å². The van der Waals surface area contributed by atoms with Crippen LogP contribution in [0.25, 0.3) is 0 Å². The van der Waals surface area contributed by atoms with Gasteiger partial charge in [-0.05, 0) is 37.5 Å². The van der Waals surface area contributed by atoms with Crippen LogP contribution in [0.4, 0.5) is 5.69 Å². The Bertz CT molecular complexity index is 1270. The average Bonchev–Trinajstić information content (AvgIpc) is 3.41. The molecule has 172 valence electrons. The Balaban J connectivity index is 1.64. The summed E-state index contributed by atoms with van der Waals surface area (Å²) in [6.45, 7) is 0.463. The molecule has 1 unspecified atom stereocenters. The molecule has 0 bridgehead atoms. The molecule has 3 heterocycles. The highest BCUT2D eigenvalue weighted by Gasteiger charge is 2.36. The second kappa shape index (κ2) is 8.80. The van der Waals surface area contributed by atoms with E-state index in [0.29, 0.717) is 25.2 Å². The molecule has 2 aromatic rings. The monoisotopic (exact) mass is 479 g/mol. The van der Waals surface area contributed by atoms with Crippen molar-refractivity contribution in [2.45, 2.75) is 36.7 Å². The first-order valence-corrected chi connectivity index (χ1v) is 13.7. The van der Waals surface area contributed by atoms with Crippen molar-refractivity contribution in [3.8, 4) is 0 Å². The smallest absolute Gasteiger partial charge is 0.251 e. The van der Waals surface area contributed by atoms with Gasteiger partial charge in [0.15, 0.2) is 9.84 Å². The van der Waals surface area contributed by atoms with E-state index >= 15 is 0 Å². The Kier molecular flexibility index (Phi) is 6.24. The minimum Gasteiger partial charge on any atom is -0.307 e. The SMILES string of the molecule is O=C(Cn1cc(S(=O)(=O)N2CCCC2)ccc1=O)N(c1ccccc1)C1CCS(=O)(=O)C1. The van der Waals surface area contributed by atoms with Gasteiger partial charge in [-0.3, -0.25) is 9.59 Å². The van der Waals surface area contributed by atoms with Gasteiger partial charge in [0, 0.05) is 31.0 Å². The van der Waals surface area contributed by atoms with Gasteiger partial charge in [-0.25, -0.2) is 16.8 Å². The van der Waals surface area contributed by atoms with E-state index in [2.05, 4.69) is 0 Å². The molecule has 4 rings (SSSR count). The standard InChI is InChI=1S/C21H25N3O6S2/c25-20-9-8-19(32(29,30)23-11-4-5-12-23)14-22(20)15-21(26)24(17-6-2-1-3-7-17)18-10-13-31(27,28)16-18/h1-3,6-9,14,18H,4-5,10-13,15-16H2. The molecule has 2 aliphatic rings. The van der Waals surface area contributed by atoms with Crippen molar-refractivity contribution in [3.05, 3.63) is 59.0 Å². The lowest BCUT2D eigenvalue weighted by Gasteiger charge is -2.28. The molecule has 2 saturated heterocycles. The Morgan fingerprint density at radius 2 is 1.75 bits per heavy atom. The van der Waals surface area contributed by atoms with Gasteiger partial charge >= 0.3 is 0 Å². The predicted molar refractivity (Wildman–Crippen MR) is 120 cm³/mol. The normalized spacial score (nSPS) is 20.9. The van der Waals surface area contributed by atoms with Crippen molar-refractivity contribution < 1.29 is 21.6 Å². The van der Waals surface area contributed by atoms with Gasteiger partial charge in [0.25, 0.3) is 5.56 Å². The number of anilines is 1. The van der Waals surface area contributed by atoms with Crippen molar-refractivity contribution in [2.75, 3.05) is 29.5 Å². The van der Waals surface area contributed by atoms with Crippen LogP contribution < -0.4 is 10.5 Å². The first-order chi connectivity index (χ1) is 15.2. The van der Waals surface area contributed by atoms with Crippen LogP contribution in [-0.4, -0.2) is 62.3 Å². The molecule has 1 aromatic heterocycles. The quantitative estimate of drug-likeness (QED) is 0.607. The minimum absolute atomic E-state index is 0.00219.